The fourth-order valence-corrected chi connectivity index (χ4v) is 1.72. The van der Waals surface area contributed by atoms with Gasteiger partial charge in [0, 0.05) is 26.2 Å². The first kappa shape index (κ1) is 16.4. The van der Waals surface area contributed by atoms with Crippen molar-refractivity contribution in [1.82, 2.24) is 19.9 Å². The van der Waals surface area contributed by atoms with Crippen molar-refractivity contribution in [3.8, 4) is 6.01 Å². The molecule has 0 spiro atoms. The van der Waals surface area contributed by atoms with Gasteiger partial charge in [0.1, 0.15) is 0 Å². The fraction of sp³-hybridized carbons (Fsp3) is 0.769. The minimum absolute atomic E-state index is 0.344. The Morgan fingerprint density at radius 2 is 1.80 bits per heavy atom. The highest BCUT2D eigenvalue weighted by molar-refractivity contribution is 5.38. The highest BCUT2D eigenvalue weighted by Gasteiger charge is 2.13. The lowest BCUT2D eigenvalue weighted by molar-refractivity contribution is 0.377. The Labute approximate surface area is 121 Å². The van der Waals surface area contributed by atoms with Crippen molar-refractivity contribution >= 4 is 11.9 Å². The van der Waals surface area contributed by atoms with E-state index in [4.69, 9.17) is 4.74 Å². The third-order valence-electron chi connectivity index (χ3n) is 2.71. The molecule has 0 saturated heterocycles. The van der Waals surface area contributed by atoms with Crippen LogP contribution in [0.3, 0.4) is 0 Å². The van der Waals surface area contributed by atoms with Gasteiger partial charge in [-0.25, -0.2) is 0 Å². The van der Waals surface area contributed by atoms with E-state index in [0.717, 1.165) is 32.6 Å². The number of ether oxygens (including phenoxy) is 1. The number of hydrogen-bond donors (Lipinski definition) is 1. The van der Waals surface area contributed by atoms with Crippen molar-refractivity contribution < 1.29 is 4.74 Å². The fourth-order valence-electron chi connectivity index (χ4n) is 1.72. The number of anilines is 2. The van der Waals surface area contributed by atoms with Crippen molar-refractivity contribution in [2.24, 2.45) is 0 Å². The molecule has 0 unspecified atom stereocenters. The maximum Gasteiger partial charge on any atom is 0.322 e. The van der Waals surface area contributed by atoms with Gasteiger partial charge in [0.15, 0.2) is 0 Å². The minimum atomic E-state index is 0.344. The van der Waals surface area contributed by atoms with Gasteiger partial charge in [-0.2, -0.15) is 15.0 Å². The quantitative estimate of drug-likeness (QED) is 0.727. The highest BCUT2D eigenvalue weighted by Crippen LogP contribution is 2.15. The van der Waals surface area contributed by atoms with Crippen LogP contribution in [0.4, 0.5) is 11.9 Å². The second-order valence-corrected chi connectivity index (χ2v) is 4.77. The van der Waals surface area contributed by atoms with Crippen LogP contribution in [0.1, 0.15) is 20.3 Å². The normalized spacial score (nSPS) is 10.7. The van der Waals surface area contributed by atoms with Gasteiger partial charge >= 0.3 is 6.01 Å². The van der Waals surface area contributed by atoms with E-state index < -0.39 is 0 Å². The van der Waals surface area contributed by atoms with Gasteiger partial charge in [-0.3, -0.25) is 0 Å². The van der Waals surface area contributed by atoms with E-state index in [9.17, 15) is 0 Å². The predicted octanol–water partition coefficient (Wildman–Crippen LogP) is 1.09. The molecule has 0 saturated carbocycles. The molecular formula is C13H26N6O. The van der Waals surface area contributed by atoms with Crippen LogP contribution in [0.25, 0.3) is 0 Å². The first-order valence-corrected chi connectivity index (χ1v) is 7.04. The summed E-state index contributed by atoms with van der Waals surface area (Å²) in [5, 5.41) is 3.11. The average Bonchev–Trinajstić information content (AvgIpc) is 2.43. The lowest BCUT2D eigenvalue weighted by Gasteiger charge is -2.24. The summed E-state index contributed by atoms with van der Waals surface area (Å²) >= 11 is 0. The molecule has 0 aliphatic heterocycles. The second-order valence-electron chi connectivity index (χ2n) is 4.77. The molecule has 0 aliphatic carbocycles. The van der Waals surface area contributed by atoms with Gasteiger partial charge in [0.05, 0.1) is 7.11 Å². The van der Waals surface area contributed by atoms with Crippen LogP contribution in [0, 0.1) is 0 Å². The number of methoxy groups -OCH3 is 1. The largest absolute Gasteiger partial charge is 0.467 e. The van der Waals surface area contributed by atoms with Crippen LogP contribution in [0.2, 0.25) is 0 Å². The van der Waals surface area contributed by atoms with Crippen molar-refractivity contribution in [3.63, 3.8) is 0 Å². The molecule has 1 N–H and O–H groups in total. The molecule has 1 rings (SSSR count). The van der Waals surface area contributed by atoms with Crippen LogP contribution in [-0.4, -0.2) is 67.2 Å². The Morgan fingerprint density at radius 3 is 2.35 bits per heavy atom. The number of aromatic nitrogens is 3. The van der Waals surface area contributed by atoms with Crippen LogP contribution in [0.15, 0.2) is 0 Å². The van der Waals surface area contributed by atoms with E-state index in [1.54, 1.807) is 7.11 Å². The summed E-state index contributed by atoms with van der Waals surface area (Å²) < 4.78 is 5.16. The maximum atomic E-state index is 5.16. The summed E-state index contributed by atoms with van der Waals surface area (Å²) in [6.07, 6.45) is 1.04. The lowest BCUT2D eigenvalue weighted by atomic mass is 10.4. The molecule has 7 nitrogen and oxygen atoms in total. The number of nitrogens with one attached hydrogen (secondary N) is 1. The Bertz CT molecular complexity index is 398. The van der Waals surface area contributed by atoms with Crippen LogP contribution in [0.5, 0.6) is 6.01 Å². The molecule has 1 aromatic rings. The Morgan fingerprint density at radius 1 is 1.05 bits per heavy atom. The molecule has 0 aliphatic rings. The van der Waals surface area contributed by atoms with E-state index in [1.807, 2.05) is 6.92 Å². The standard InChI is InChI=1S/C13H26N6O/c1-6-8-19(10-9-18(3)4)12-15-11(14-7-2)16-13(17-12)20-5/h6-10H2,1-5H3,(H,14,15,16,17). The minimum Gasteiger partial charge on any atom is -0.467 e. The molecule has 0 aromatic carbocycles. The van der Waals surface area contributed by atoms with Crippen molar-refractivity contribution in [1.29, 1.82) is 0 Å². The van der Waals surface area contributed by atoms with Crippen LogP contribution >= 0.6 is 0 Å². The average molecular weight is 282 g/mol. The Hall–Kier alpha value is -1.63. The molecule has 7 heteroatoms. The van der Waals surface area contributed by atoms with Crippen molar-refractivity contribution in [2.45, 2.75) is 20.3 Å². The molecule has 0 bridgehead atoms. The molecule has 20 heavy (non-hydrogen) atoms. The first-order chi connectivity index (χ1) is 9.60. The van der Waals surface area contributed by atoms with Gasteiger partial charge < -0.3 is 19.9 Å². The van der Waals surface area contributed by atoms with Crippen molar-refractivity contribution in [2.75, 3.05) is 57.6 Å². The van der Waals surface area contributed by atoms with Gasteiger partial charge in [-0.1, -0.05) is 6.92 Å². The van der Waals surface area contributed by atoms with E-state index in [-0.39, 0.29) is 0 Å². The highest BCUT2D eigenvalue weighted by atomic mass is 16.5. The molecule has 0 atom stereocenters. The molecule has 1 aromatic heterocycles. The summed E-state index contributed by atoms with van der Waals surface area (Å²) in [5.74, 6) is 1.22. The number of likely N-dealkylation sites (N-methyl/N-ethyl adjacent to an activating group) is 1. The van der Waals surface area contributed by atoms with E-state index >= 15 is 0 Å². The van der Waals surface area contributed by atoms with Gasteiger partial charge in [0.2, 0.25) is 11.9 Å². The van der Waals surface area contributed by atoms with Crippen LogP contribution in [-0.2, 0) is 0 Å². The summed E-state index contributed by atoms with van der Waals surface area (Å²) in [5.41, 5.74) is 0. The maximum absolute atomic E-state index is 5.16. The molecule has 1 heterocycles. The van der Waals surface area contributed by atoms with Gasteiger partial charge in [-0.15, -0.1) is 0 Å². The third-order valence-corrected chi connectivity index (χ3v) is 2.71. The van der Waals surface area contributed by atoms with Crippen molar-refractivity contribution in [3.05, 3.63) is 0 Å². The summed E-state index contributed by atoms with van der Waals surface area (Å²) in [6.45, 7) is 7.65. The summed E-state index contributed by atoms with van der Waals surface area (Å²) in [4.78, 5) is 17.3. The number of nitrogens with zero attached hydrogens (tertiary/aromatic N) is 5. The molecule has 0 amide bonds. The monoisotopic (exact) mass is 282 g/mol. The smallest absolute Gasteiger partial charge is 0.322 e. The zero-order valence-corrected chi connectivity index (χ0v) is 13.2. The Kier molecular flexibility index (Phi) is 7.00. The topological polar surface area (TPSA) is 66.4 Å². The Balaban J connectivity index is 2.94. The molecule has 0 fully saturated rings. The number of hydrogen-bond acceptors (Lipinski definition) is 7. The van der Waals surface area contributed by atoms with Crippen LogP contribution < -0.4 is 15.0 Å². The predicted molar refractivity (Wildman–Crippen MR) is 81.6 cm³/mol. The number of rotatable bonds is 9. The van der Waals surface area contributed by atoms with E-state index in [2.05, 4.69) is 51.1 Å². The molecule has 0 radical (unpaired) electrons. The van der Waals surface area contributed by atoms with E-state index in [1.165, 1.54) is 0 Å². The van der Waals surface area contributed by atoms with Gasteiger partial charge in [0.25, 0.3) is 0 Å². The third kappa shape index (κ3) is 5.16. The van der Waals surface area contributed by atoms with E-state index in [0.29, 0.717) is 17.9 Å². The zero-order valence-electron chi connectivity index (χ0n) is 13.2. The lowest BCUT2D eigenvalue weighted by Crippen LogP contribution is -2.33. The first-order valence-electron chi connectivity index (χ1n) is 7.04. The second kappa shape index (κ2) is 8.52. The molecule has 114 valence electrons. The van der Waals surface area contributed by atoms with Gasteiger partial charge in [-0.05, 0) is 27.4 Å². The summed E-state index contributed by atoms with van der Waals surface area (Å²) in [6, 6.07) is 0.344. The SMILES string of the molecule is CCCN(CCN(C)C)c1nc(NCC)nc(OC)n1. The summed E-state index contributed by atoms with van der Waals surface area (Å²) in [7, 11) is 5.68. The zero-order chi connectivity index (χ0) is 15.0. The molecular weight excluding hydrogens is 256 g/mol.